The van der Waals surface area contributed by atoms with Crippen LogP contribution < -0.4 is 16.4 Å². The number of carbonyl (C=O) groups is 4. The topological polar surface area (TPSA) is 167 Å². The van der Waals surface area contributed by atoms with Gasteiger partial charge in [0.15, 0.2) is 0 Å². The van der Waals surface area contributed by atoms with Crippen LogP contribution >= 0.6 is 0 Å². The number of rotatable bonds is 14. The molecule has 36 heavy (non-hydrogen) atoms. The molecule has 1 rings (SSSR count). The lowest BCUT2D eigenvalue weighted by Gasteiger charge is -2.28. The maximum Gasteiger partial charge on any atom is 0.303 e. The molecule has 6 N–H and O–H groups in total. The number of aliphatic carboxylic acids is 1. The van der Waals surface area contributed by atoms with Gasteiger partial charge in [-0.3, -0.25) is 19.2 Å². The van der Waals surface area contributed by atoms with Crippen LogP contribution in [0.15, 0.2) is 24.3 Å². The van der Waals surface area contributed by atoms with E-state index in [1.807, 2.05) is 63.8 Å². The lowest BCUT2D eigenvalue weighted by molar-refractivity contribution is -0.138. The van der Waals surface area contributed by atoms with Gasteiger partial charge in [-0.15, -0.1) is 0 Å². The van der Waals surface area contributed by atoms with Gasteiger partial charge in [0.1, 0.15) is 0 Å². The minimum atomic E-state index is -1.00. The standard InChI is InChI=1S/C25H42N4O4.CH2O2/c1-6-7-21(30)28(16-14-24(2,3)26)18-19-8-10-20(11-9-19)29(17-15-25(4,5)27)22(31)12-13-23(32)33;2-1-3/h8-11H,6-7,12-18,26-27H2,1-5H3,(H,32,33);1H,(H,2,3). The van der Waals surface area contributed by atoms with E-state index in [2.05, 4.69) is 0 Å². The molecule has 0 aliphatic rings. The molecule has 204 valence electrons. The Morgan fingerprint density at radius 2 is 1.39 bits per heavy atom. The molecular formula is C26H44N4O6. The molecule has 0 unspecified atom stereocenters. The fourth-order valence-electron chi connectivity index (χ4n) is 3.24. The number of anilines is 1. The minimum absolute atomic E-state index is 0.0732. The van der Waals surface area contributed by atoms with Crippen molar-refractivity contribution in [1.29, 1.82) is 0 Å². The highest BCUT2D eigenvalue weighted by Crippen LogP contribution is 2.21. The van der Waals surface area contributed by atoms with Gasteiger partial charge in [0.25, 0.3) is 6.47 Å². The molecule has 0 aromatic heterocycles. The van der Waals surface area contributed by atoms with Crippen LogP contribution in [0.2, 0.25) is 0 Å². The Bertz CT molecular complexity index is 828. The highest BCUT2D eigenvalue weighted by Gasteiger charge is 2.21. The zero-order valence-corrected chi connectivity index (χ0v) is 22.3. The normalized spacial score (nSPS) is 11.2. The van der Waals surface area contributed by atoms with Crippen LogP contribution in [0.3, 0.4) is 0 Å². The maximum atomic E-state index is 12.7. The summed E-state index contributed by atoms with van der Waals surface area (Å²) >= 11 is 0. The molecule has 10 heteroatoms. The predicted octanol–water partition coefficient (Wildman–Crippen LogP) is 2.97. The number of benzene rings is 1. The van der Waals surface area contributed by atoms with Crippen molar-refractivity contribution in [3.05, 3.63) is 29.8 Å². The van der Waals surface area contributed by atoms with Crippen LogP contribution in [0.4, 0.5) is 5.69 Å². The second-order valence-electron chi connectivity index (χ2n) is 10.3. The van der Waals surface area contributed by atoms with Crippen molar-refractivity contribution in [3.8, 4) is 0 Å². The van der Waals surface area contributed by atoms with E-state index in [4.69, 9.17) is 26.5 Å². The van der Waals surface area contributed by atoms with Crippen molar-refractivity contribution < 1.29 is 29.4 Å². The lowest BCUT2D eigenvalue weighted by atomic mass is 10.0. The first kappa shape index (κ1) is 33.0. The number of nitrogens with two attached hydrogens (primary N) is 2. The monoisotopic (exact) mass is 508 g/mol. The molecular weight excluding hydrogens is 464 g/mol. The third-order valence-corrected chi connectivity index (χ3v) is 5.30. The van der Waals surface area contributed by atoms with Gasteiger partial charge in [0.2, 0.25) is 11.8 Å². The third kappa shape index (κ3) is 15.1. The van der Waals surface area contributed by atoms with Gasteiger partial charge in [-0.2, -0.15) is 0 Å². The summed E-state index contributed by atoms with van der Waals surface area (Å²) in [6.45, 7) is 10.9. The fraction of sp³-hybridized carbons (Fsp3) is 0.615. The predicted molar refractivity (Wildman–Crippen MR) is 140 cm³/mol. The van der Waals surface area contributed by atoms with Gasteiger partial charge in [-0.1, -0.05) is 19.1 Å². The Labute approximate surface area is 214 Å². The first-order valence-electron chi connectivity index (χ1n) is 12.2. The number of carboxylic acids is 1. The highest BCUT2D eigenvalue weighted by molar-refractivity contribution is 5.94. The van der Waals surface area contributed by atoms with E-state index < -0.39 is 11.5 Å². The van der Waals surface area contributed by atoms with Gasteiger partial charge < -0.3 is 31.5 Å². The lowest BCUT2D eigenvalue weighted by Crippen LogP contribution is -2.40. The van der Waals surface area contributed by atoms with E-state index in [0.29, 0.717) is 44.6 Å². The van der Waals surface area contributed by atoms with E-state index in [-0.39, 0.29) is 36.7 Å². The molecule has 0 aliphatic heterocycles. The van der Waals surface area contributed by atoms with Crippen molar-refractivity contribution in [2.75, 3.05) is 18.0 Å². The molecule has 0 atom stereocenters. The van der Waals surface area contributed by atoms with Crippen molar-refractivity contribution in [3.63, 3.8) is 0 Å². The molecule has 0 radical (unpaired) electrons. The van der Waals surface area contributed by atoms with Gasteiger partial charge in [0.05, 0.1) is 6.42 Å². The van der Waals surface area contributed by atoms with Crippen LogP contribution in [0.25, 0.3) is 0 Å². The average molecular weight is 509 g/mol. The zero-order chi connectivity index (χ0) is 27.9. The quantitative estimate of drug-likeness (QED) is 0.278. The summed E-state index contributed by atoms with van der Waals surface area (Å²) in [5, 5.41) is 15.8. The van der Waals surface area contributed by atoms with Crippen molar-refractivity contribution >= 4 is 29.9 Å². The molecule has 0 saturated carbocycles. The largest absolute Gasteiger partial charge is 0.483 e. The minimum Gasteiger partial charge on any atom is -0.483 e. The van der Waals surface area contributed by atoms with Gasteiger partial charge in [-0.05, 0) is 64.7 Å². The number of hydrogen-bond acceptors (Lipinski definition) is 6. The fourth-order valence-corrected chi connectivity index (χ4v) is 3.24. The summed E-state index contributed by atoms with van der Waals surface area (Å²) in [6.07, 6.45) is 2.25. The highest BCUT2D eigenvalue weighted by atomic mass is 16.4. The summed E-state index contributed by atoms with van der Waals surface area (Å²) in [7, 11) is 0. The summed E-state index contributed by atoms with van der Waals surface area (Å²) in [5.41, 5.74) is 13.0. The number of nitrogens with zero attached hydrogens (tertiary/aromatic N) is 2. The number of carboxylic acid groups (broad SMARTS) is 2. The third-order valence-electron chi connectivity index (χ3n) is 5.30. The van der Waals surface area contributed by atoms with E-state index in [9.17, 15) is 14.4 Å². The summed E-state index contributed by atoms with van der Waals surface area (Å²) < 4.78 is 0. The van der Waals surface area contributed by atoms with Crippen molar-refractivity contribution in [2.45, 2.75) is 90.8 Å². The molecule has 10 nitrogen and oxygen atoms in total. The van der Waals surface area contributed by atoms with Crippen LogP contribution in [0.1, 0.15) is 78.7 Å². The Hall–Kier alpha value is -2.98. The molecule has 1 aromatic rings. The van der Waals surface area contributed by atoms with Gasteiger partial charge in [0, 0.05) is 49.2 Å². The molecule has 0 fully saturated rings. The molecule has 1 aromatic carbocycles. The first-order valence-corrected chi connectivity index (χ1v) is 12.2. The maximum absolute atomic E-state index is 12.7. The average Bonchev–Trinajstić information content (AvgIpc) is 2.75. The van der Waals surface area contributed by atoms with E-state index in [1.54, 1.807) is 4.90 Å². The van der Waals surface area contributed by atoms with E-state index in [0.717, 1.165) is 12.0 Å². The SMILES string of the molecule is CCCC(=O)N(CCC(C)(C)N)Cc1ccc(N(CCC(C)(C)N)C(=O)CCC(=O)O)cc1.O=CO. The van der Waals surface area contributed by atoms with Crippen LogP contribution in [-0.2, 0) is 25.7 Å². The number of amides is 2. The van der Waals surface area contributed by atoms with Crippen LogP contribution in [0.5, 0.6) is 0 Å². The first-order chi connectivity index (χ1) is 16.6. The molecule has 0 aliphatic carbocycles. The van der Waals surface area contributed by atoms with Crippen molar-refractivity contribution in [1.82, 2.24) is 4.90 Å². The molecule has 2 amide bonds. The zero-order valence-electron chi connectivity index (χ0n) is 22.3. The van der Waals surface area contributed by atoms with Crippen molar-refractivity contribution in [2.24, 2.45) is 11.5 Å². The number of hydrogen-bond donors (Lipinski definition) is 4. The van der Waals surface area contributed by atoms with Gasteiger partial charge in [-0.25, -0.2) is 0 Å². The Balaban J connectivity index is 0.00000387. The summed E-state index contributed by atoms with van der Waals surface area (Å²) in [4.78, 5) is 48.0. The smallest absolute Gasteiger partial charge is 0.303 e. The van der Waals surface area contributed by atoms with Crippen LogP contribution in [-0.4, -0.2) is 63.5 Å². The van der Waals surface area contributed by atoms with E-state index >= 15 is 0 Å². The second kappa shape index (κ2) is 15.9. The van der Waals surface area contributed by atoms with Crippen LogP contribution in [0, 0.1) is 0 Å². The van der Waals surface area contributed by atoms with Gasteiger partial charge >= 0.3 is 5.97 Å². The summed E-state index contributed by atoms with van der Waals surface area (Å²) in [6, 6.07) is 7.49. The van der Waals surface area contributed by atoms with E-state index in [1.165, 1.54) is 0 Å². The Morgan fingerprint density at radius 1 is 0.889 bits per heavy atom. The second-order valence-corrected chi connectivity index (χ2v) is 10.3. The Morgan fingerprint density at radius 3 is 1.83 bits per heavy atom. The molecule has 0 saturated heterocycles. The molecule has 0 heterocycles. The molecule has 0 bridgehead atoms. The Kier molecular flexibility index (Phi) is 14.6. The number of carbonyl (C=O) groups excluding carboxylic acids is 2. The summed E-state index contributed by atoms with van der Waals surface area (Å²) in [5.74, 6) is -1.16. The molecule has 0 spiro atoms.